The van der Waals surface area contributed by atoms with E-state index in [0.29, 0.717) is 6.61 Å². The Hall–Kier alpha value is -1.10. The van der Waals surface area contributed by atoms with Gasteiger partial charge in [-0.2, -0.15) is 0 Å². The Labute approximate surface area is 114 Å². The second-order valence-electron chi connectivity index (χ2n) is 4.24. The predicted octanol–water partition coefficient (Wildman–Crippen LogP) is 1.56. The molecule has 0 radical (unpaired) electrons. The molecule has 0 aliphatic carbocycles. The number of benzene rings is 1. The van der Waals surface area contributed by atoms with Crippen molar-refractivity contribution in [2.24, 2.45) is 10.7 Å². The van der Waals surface area contributed by atoms with E-state index in [1.165, 1.54) is 11.1 Å². The fourth-order valence-electron chi connectivity index (χ4n) is 2.12. The first-order valence-corrected chi connectivity index (χ1v) is 5.85. The molecule has 0 bridgehead atoms. The normalized spacial score (nSPS) is 15.6. The highest BCUT2D eigenvalue weighted by Gasteiger charge is 2.18. The number of nitrogens with one attached hydrogen (secondary N) is 1. The highest BCUT2D eigenvalue weighted by Crippen LogP contribution is 2.21. The van der Waals surface area contributed by atoms with Crippen molar-refractivity contribution in [3.8, 4) is 0 Å². The van der Waals surface area contributed by atoms with Crippen molar-refractivity contribution in [1.29, 1.82) is 0 Å². The second kappa shape index (κ2) is 6.73. The van der Waals surface area contributed by atoms with Gasteiger partial charge in [0.25, 0.3) is 0 Å². The molecule has 5 heteroatoms. The summed E-state index contributed by atoms with van der Waals surface area (Å²) in [5.41, 5.74) is 9.72. The Morgan fingerprint density at radius 1 is 1.50 bits per heavy atom. The van der Waals surface area contributed by atoms with Gasteiger partial charge in [0.15, 0.2) is 0 Å². The molecule has 1 aliphatic heterocycles. The van der Waals surface area contributed by atoms with E-state index in [1.807, 2.05) is 6.07 Å². The first-order chi connectivity index (χ1) is 8.24. The van der Waals surface area contributed by atoms with Crippen molar-refractivity contribution in [3.05, 3.63) is 34.9 Å². The van der Waals surface area contributed by atoms with Crippen LogP contribution < -0.4 is 11.1 Å². The lowest BCUT2D eigenvalue weighted by molar-refractivity contribution is 0.184. The van der Waals surface area contributed by atoms with Gasteiger partial charge in [-0.15, -0.1) is 12.4 Å². The number of nitrogens with two attached hydrogens (primary N) is 1. The lowest BCUT2D eigenvalue weighted by Gasteiger charge is -2.17. The number of halogens is 1. The van der Waals surface area contributed by atoms with E-state index < -0.39 is 0 Å². The molecule has 4 nitrogen and oxygen atoms in total. The quantitative estimate of drug-likeness (QED) is 0.872. The van der Waals surface area contributed by atoms with Gasteiger partial charge >= 0.3 is 0 Å². The van der Waals surface area contributed by atoms with E-state index in [0.717, 1.165) is 24.5 Å². The molecule has 1 aliphatic rings. The zero-order chi connectivity index (χ0) is 12.3. The monoisotopic (exact) mass is 269 g/mol. The van der Waals surface area contributed by atoms with Crippen molar-refractivity contribution >= 4 is 18.2 Å². The summed E-state index contributed by atoms with van der Waals surface area (Å²) in [6.07, 6.45) is 0. The summed E-state index contributed by atoms with van der Waals surface area (Å²) in [7, 11) is 1.70. The van der Waals surface area contributed by atoms with Crippen LogP contribution in [0, 0.1) is 6.92 Å². The zero-order valence-electron chi connectivity index (χ0n) is 10.8. The molecule has 1 heterocycles. The fourth-order valence-corrected chi connectivity index (χ4v) is 2.12. The smallest absolute Gasteiger partial charge is 0.118 e. The molecule has 1 atom stereocenters. The lowest BCUT2D eigenvalue weighted by atomic mass is 9.97. The minimum absolute atomic E-state index is 0. The number of hydrogen-bond donors (Lipinski definition) is 2. The largest absolute Gasteiger partial charge is 0.380 e. The third-order valence-corrected chi connectivity index (χ3v) is 3.12. The minimum atomic E-state index is -0.158. The van der Waals surface area contributed by atoms with Crippen LogP contribution in [0.2, 0.25) is 0 Å². The van der Waals surface area contributed by atoms with Crippen molar-refractivity contribution in [1.82, 2.24) is 5.32 Å². The molecule has 18 heavy (non-hydrogen) atoms. The van der Waals surface area contributed by atoms with Gasteiger partial charge in [-0.3, -0.25) is 4.99 Å². The topological polar surface area (TPSA) is 59.6 Å². The second-order valence-corrected chi connectivity index (χ2v) is 4.24. The van der Waals surface area contributed by atoms with Crippen LogP contribution in [0.5, 0.6) is 0 Å². The van der Waals surface area contributed by atoms with Gasteiger partial charge in [0.05, 0.1) is 19.2 Å². The predicted molar refractivity (Wildman–Crippen MR) is 76.4 cm³/mol. The Morgan fingerprint density at radius 3 is 2.89 bits per heavy atom. The first-order valence-electron chi connectivity index (χ1n) is 5.85. The standard InChI is InChI=1S/C13H19N3O.ClH/c1-9-10(8-17-2)4-3-5-11(9)12(14)13-15-6-7-16-13;/h3-5,12H,6-8,14H2,1-2H3,(H,15,16);1H. The lowest BCUT2D eigenvalue weighted by Crippen LogP contribution is -2.31. The molecule has 0 spiro atoms. The molecule has 2 rings (SSSR count). The number of methoxy groups -OCH3 is 1. The van der Waals surface area contributed by atoms with Gasteiger partial charge in [0, 0.05) is 13.7 Å². The Morgan fingerprint density at radius 2 is 2.28 bits per heavy atom. The van der Waals surface area contributed by atoms with Crippen LogP contribution >= 0.6 is 12.4 Å². The van der Waals surface area contributed by atoms with Gasteiger partial charge < -0.3 is 15.8 Å². The summed E-state index contributed by atoms with van der Waals surface area (Å²) in [5.74, 6) is 0.891. The molecule has 0 saturated heterocycles. The minimum Gasteiger partial charge on any atom is -0.380 e. The van der Waals surface area contributed by atoms with Crippen LogP contribution in [-0.2, 0) is 11.3 Å². The third-order valence-electron chi connectivity index (χ3n) is 3.12. The van der Waals surface area contributed by atoms with Crippen LogP contribution in [-0.4, -0.2) is 26.0 Å². The molecule has 1 aromatic rings. The first kappa shape index (κ1) is 15.0. The van der Waals surface area contributed by atoms with Crippen molar-refractivity contribution in [2.75, 3.05) is 20.2 Å². The van der Waals surface area contributed by atoms with E-state index in [9.17, 15) is 0 Å². The molecule has 0 saturated carbocycles. The summed E-state index contributed by atoms with van der Waals surface area (Å²) in [5, 5.41) is 3.23. The highest BCUT2D eigenvalue weighted by molar-refractivity contribution is 5.89. The van der Waals surface area contributed by atoms with E-state index in [2.05, 4.69) is 29.4 Å². The van der Waals surface area contributed by atoms with Gasteiger partial charge in [-0.25, -0.2) is 0 Å². The SMILES string of the molecule is COCc1cccc(C(N)C2=NCCN2)c1C.Cl. The molecule has 3 N–H and O–H groups in total. The zero-order valence-corrected chi connectivity index (χ0v) is 11.6. The van der Waals surface area contributed by atoms with Crippen LogP contribution in [0.15, 0.2) is 23.2 Å². The van der Waals surface area contributed by atoms with Crippen LogP contribution in [0.25, 0.3) is 0 Å². The van der Waals surface area contributed by atoms with E-state index >= 15 is 0 Å². The maximum absolute atomic E-state index is 6.23. The molecule has 0 aromatic heterocycles. The van der Waals surface area contributed by atoms with Crippen molar-refractivity contribution < 1.29 is 4.74 Å². The number of ether oxygens (including phenoxy) is 1. The van der Waals surface area contributed by atoms with Crippen LogP contribution in [0.1, 0.15) is 22.7 Å². The Balaban J connectivity index is 0.00000162. The molecule has 0 fully saturated rings. The molecular formula is C13H20ClN3O. The van der Waals surface area contributed by atoms with Crippen molar-refractivity contribution in [2.45, 2.75) is 19.6 Å². The Kier molecular flexibility index (Phi) is 5.59. The van der Waals surface area contributed by atoms with Gasteiger partial charge in [0.1, 0.15) is 5.84 Å². The summed E-state index contributed by atoms with van der Waals surface area (Å²) < 4.78 is 5.18. The molecular weight excluding hydrogens is 250 g/mol. The van der Waals surface area contributed by atoms with E-state index in [1.54, 1.807) is 7.11 Å². The maximum Gasteiger partial charge on any atom is 0.118 e. The summed E-state index contributed by atoms with van der Waals surface area (Å²) in [4.78, 5) is 4.38. The molecule has 1 unspecified atom stereocenters. The fraction of sp³-hybridized carbons (Fsp3) is 0.462. The number of rotatable bonds is 4. The highest BCUT2D eigenvalue weighted by atomic mass is 35.5. The average molecular weight is 270 g/mol. The molecule has 1 aromatic carbocycles. The van der Waals surface area contributed by atoms with Gasteiger partial charge in [-0.1, -0.05) is 18.2 Å². The summed E-state index contributed by atoms with van der Waals surface area (Å²) in [6.45, 7) is 4.41. The number of amidine groups is 1. The van der Waals surface area contributed by atoms with Crippen LogP contribution in [0.4, 0.5) is 0 Å². The molecule has 0 amide bonds. The van der Waals surface area contributed by atoms with E-state index in [-0.39, 0.29) is 18.4 Å². The molecule has 100 valence electrons. The third kappa shape index (κ3) is 3.02. The van der Waals surface area contributed by atoms with Gasteiger partial charge in [0.2, 0.25) is 0 Å². The number of aliphatic imine (C=N–C) groups is 1. The Bertz CT molecular complexity index is 434. The van der Waals surface area contributed by atoms with E-state index in [4.69, 9.17) is 10.5 Å². The van der Waals surface area contributed by atoms with Gasteiger partial charge in [-0.05, 0) is 23.6 Å². The van der Waals surface area contributed by atoms with Crippen molar-refractivity contribution in [3.63, 3.8) is 0 Å². The number of nitrogens with zero attached hydrogens (tertiary/aromatic N) is 1. The van der Waals surface area contributed by atoms with Crippen LogP contribution in [0.3, 0.4) is 0 Å². The average Bonchev–Trinajstić information content (AvgIpc) is 2.85. The summed E-state index contributed by atoms with van der Waals surface area (Å²) >= 11 is 0. The number of hydrogen-bond acceptors (Lipinski definition) is 4. The summed E-state index contributed by atoms with van der Waals surface area (Å²) in [6, 6.07) is 5.99. The maximum atomic E-state index is 6.23.